The first-order valence-electron chi connectivity index (χ1n) is 3.83. The molecule has 0 saturated carbocycles. The molecule has 0 aromatic rings. The Hall–Kier alpha value is -1.15. The van der Waals surface area contributed by atoms with Crippen LogP contribution in [0.2, 0.25) is 0 Å². The number of carbonyl (C=O) groups is 2. The Balaban J connectivity index is 4.00. The maximum absolute atomic E-state index is 10.9. The molecule has 0 aliphatic heterocycles. The number of amides is 1. The van der Waals surface area contributed by atoms with Gasteiger partial charge in [-0.2, -0.15) is 0 Å². The Morgan fingerprint density at radius 3 is 2.36 bits per heavy atom. The Kier molecular flexibility index (Phi) is 5.10. The van der Waals surface area contributed by atoms with E-state index in [9.17, 15) is 18.0 Å². The minimum atomic E-state index is -3.90. The number of rotatable bonds is 6. The summed E-state index contributed by atoms with van der Waals surface area (Å²) in [5.74, 6) is -3.00. The summed E-state index contributed by atoms with van der Waals surface area (Å²) < 4.78 is 23.6. The van der Waals surface area contributed by atoms with Gasteiger partial charge in [0, 0.05) is 6.54 Å². The summed E-state index contributed by atoms with van der Waals surface area (Å²) in [5.41, 5.74) is 0. The van der Waals surface area contributed by atoms with E-state index < -0.39 is 34.2 Å². The largest absolute Gasteiger partial charge is 0.480 e. The molecule has 0 atom stereocenters. The van der Waals surface area contributed by atoms with Gasteiger partial charge >= 0.3 is 5.97 Å². The van der Waals surface area contributed by atoms with Gasteiger partial charge in [0.15, 0.2) is 5.75 Å². The number of carboxylic acid groups (broad SMARTS) is 1. The molecule has 82 valence electrons. The van der Waals surface area contributed by atoms with Gasteiger partial charge in [0.05, 0.1) is 6.54 Å². The molecule has 0 aromatic carbocycles. The van der Waals surface area contributed by atoms with Crippen LogP contribution in [0.25, 0.3) is 0 Å². The summed E-state index contributed by atoms with van der Waals surface area (Å²) in [6.07, 6.45) is 0. The highest BCUT2D eigenvalue weighted by molar-refractivity contribution is 7.90. The van der Waals surface area contributed by atoms with Crippen LogP contribution in [-0.4, -0.2) is 44.2 Å². The first kappa shape index (κ1) is 12.8. The summed E-state index contributed by atoms with van der Waals surface area (Å²) in [6.45, 7) is 1.63. The van der Waals surface area contributed by atoms with Crippen molar-refractivity contribution in [3.05, 3.63) is 0 Å². The summed E-state index contributed by atoms with van der Waals surface area (Å²) in [7, 11) is -3.90. The third-order valence-corrected chi connectivity index (χ3v) is 2.35. The van der Waals surface area contributed by atoms with Gasteiger partial charge in [-0.15, -0.1) is 0 Å². The summed E-state index contributed by atoms with van der Waals surface area (Å²) in [6, 6.07) is 0. The van der Waals surface area contributed by atoms with Crippen LogP contribution in [0.4, 0.5) is 0 Å². The van der Waals surface area contributed by atoms with Crippen molar-refractivity contribution in [2.75, 3.05) is 18.8 Å². The molecule has 0 aliphatic rings. The molecular weight excluding hydrogens is 212 g/mol. The molecule has 0 bridgehead atoms. The third-order valence-electron chi connectivity index (χ3n) is 1.14. The van der Waals surface area contributed by atoms with E-state index >= 15 is 0 Å². The standard InChI is InChI=1S/C6H12N2O5S/c1-2-7-5(9)3-8-14(12,13)4-6(10)11/h8H,2-4H2,1H3,(H,7,9)(H,10,11). The van der Waals surface area contributed by atoms with E-state index in [4.69, 9.17) is 5.11 Å². The quantitative estimate of drug-likeness (QED) is 0.489. The molecule has 14 heavy (non-hydrogen) atoms. The fourth-order valence-corrected chi connectivity index (χ4v) is 1.43. The monoisotopic (exact) mass is 224 g/mol. The Morgan fingerprint density at radius 2 is 1.93 bits per heavy atom. The number of carboxylic acids is 1. The zero-order valence-corrected chi connectivity index (χ0v) is 8.43. The molecule has 0 aliphatic carbocycles. The topological polar surface area (TPSA) is 113 Å². The lowest BCUT2D eigenvalue weighted by molar-refractivity contribution is -0.134. The highest BCUT2D eigenvalue weighted by atomic mass is 32.2. The third kappa shape index (κ3) is 6.38. The summed E-state index contributed by atoms with van der Waals surface area (Å²) in [4.78, 5) is 20.9. The predicted molar refractivity (Wildman–Crippen MR) is 48.1 cm³/mol. The number of hydrogen-bond donors (Lipinski definition) is 3. The molecule has 7 nitrogen and oxygen atoms in total. The van der Waals surface area contributed by atoms with Crippen molar-refractivity contribution in [3.63, 3.8) is 0 Å². The average molecular weight is 224 g/mol. The van der Waals surface area contributed by atoms with Crippen LogP contribution >= 0.6 is 0 Å². The molecule has 0 unspecified atom stereocenters. The molecule has 1 amide bonds. The number of likely N-dealkylation sites (N-methyl/N-ethyl adjacent to an activating group) is 1. The van der Waals surface area contributed by atoms with E-state index in [1.54, 1.807) is 6.92 Å². The molecule has 3 N–H and O–H groups in total. The van der Waals surface area contributed by atoms with Crippen LogP contribution in [0.3, 0.4) is 0 Å². The number of aliphatic carboxylic acids is 1. The second-order valence-electron chi connectivity index (χ2n) is 2.43. The van der Waals surface area contributed by atoms with Crippen molar-refractivity contribution in [1.29, 1.82) is 0 Å². The number of hydrogen-bond acceptors (Lipinski definition) is 4. The van der Waals surface area contributed by atoms with Gasteiger partial charge in [0.25, 0.3) is 0 Å². The molecule has 0 heterocycles. The number of sulfonamides is 1. The average Bonchev–Trinajstić information content (AvgIpc) is 1.99. The van der Waals surface area contributed by atoms with Gasteiger partial charge < -0.3 is 10.4 Å². The minimum Gasteiger partial charge on any atom is -0.480 e. The predicted octanol–water partition coefficient (Wildman–Crippen LogP) is -1.87. The highest BCUT2D eigenvalue weighted by Crippen LogP contribution is 1.82. The molecule has 0 saturated heterocycles. The van der Waals surface area contributed by atoms with Gasteiger partial charge in [-0.05, 0) is 6.92 Å². The van der Waals surface area contributed by atoms with E-state index in [0.717, 1.165) is 0 Å². The summed E-state index contributed by atoms with van der Waals surface area (Å²) >= 11 is 0. The fraction of sp³-hybridized carbons (Fsp3) is 0.667. The first-order valence-corrected chi connectivity index (χ1v) is 5.48. The van der Waals surface area contributed by atoms with E-state index in [0.29, 0.717) is 6.54 Å². The maximum atomic E-state index is 10.9. The molecule has 0 fully saturated rings. The van der Waals surface area contributed by atoms with Gasteiger partial charge in [0.2, 0.25) is 15.9 Å². The Morgan fingerprint density at radius 1 is 1.36 bits per heavy atom. The van der Waals surface area contributed by atoms with Gasteiger partial charge in [-0.3, -0.25) is 9.59 Å². The zero-order chi connectivity index (χ0) is 11.2. The summed E-state index contributed by atoms with van der Waals surface area (Å²) in [5, 5.41) is 10.6. The molecule has 0 radical (unpaired) electrons. The van der Waals surface area contributed by atoms with Crippen molar-refractivity contribution < 1.29 is 23.1 Å². The van der Waals surface area contributed by atoms with Crippen molar-refractivity contribution >= 4 is 21.9 Å². The van der Waals surface area contributed by atoms with Crippen molar-refractivity contribution in [1.82, 2.24) is 10.0 Å². The highest BCUT2D eigenvalue weighted by Gasteiger charge is 2.15. The lowest BCUT2D eigenvalue weighted by Gasteiger charge is -2.03. The van der Waals surface area contributed by atoms with Crippen molar-refractivity contribution in [3.8, 4) is 0 Å². The second-order valence-corrected chi connectivity index (χ2v) is 4.23. The Labute approximate surface area is 81.5 Å². The maximum Gasteiger partial charge on any atom is 0.320 e. The van der Waals surface area contributed by atoms with Crippen LogP contribution in [0.15, 0.2) is 0 Å². The molecule has 0 spiro atoms. The van der Waals surface area contributed by atoms with Crippen molar-refractivity contribution in [2.24, 2.45) is 0 Å². The lowest BCUT2D eigenvalue weighted by Crippen LogP contribution is -2.38. The molecule has 0 aromatic heterocycles. The second kappa shape index (κ2) is 5.55. The van der Waals surface area contributed by atoms with Crippen LogP contribution in [0, 0.1) is 0 Å². The van der Waals surface area contributed by atoms with Gasteiger partial charge in [-0.25, -0.2) is 13.1 Å². The van der Waals surface area contributed by atoms with Gasteiger partial charge in [-0.1, -0.05) is 0 Å². The number of carbonyl (C=O) groups excluding carboxylic acids is 1. The van der Waals surface area contributed by atoms with E-state index in [1.165, 1.54) is 0 Å². The van der Waals surface area contributed by atoms with Crippen LogP contribution in [-0.2, 0) is 19.6 Å². The van der Waals surface area contributed by atoms with E-state index in [-0.39, 0.29) is 0 Å². The van der Waals surface area contributed by atoms with Crippen molar-refractivity contribution in [2.45, 2.75) is 6.92 Å². The van der Waals surface area contributed by atoms with Crippen LogP contribution in [0.5, 0.6) is 0 Å². The molecular formula is C6H12N2O5S. The minimum absolute atomic E-state index is 0.388. The zero-order valence-electron chi connectivity index (χ0n) is 7.61. The smallest absolute Gasteiger partial charge is 0.320 e. The molecule has 8 heteroatoms. The van der Waals surface area contributed by atoms with Gasteiger partial charge in [0.1, 0.15) is 0 Å². The first-order chi connectivity index (χ1) is 6.37. The SMILES string of the molecule is CCNC(=O)CNS(=O)(=O)CC(=O)O. The van der Waals surface area contributed by atoms with E-state index in [1.807, 2.05) is 4.72 Å². The number of nitrogens with one attached hydrogen (secondary N) is 2. The normalized spacial score (nSPS) is 10.9. The van der Waals surface area contributed by atoms with E-state index in [2.05, 4.69) is 5.32 Å². The van der Waals surface area contributed by atoms with Crippen LogP contribution < -0.4 is 10.0 Å². The Bertz CT molecular complexity index is 310. The lowest BCUT2D eigenvalue weighted by atomic mass is 10.6. The van der Waals surface area contributed by atoms with Crippen LogP contribution in [0.1, 0.15) is 6.92 Å². The fourth-order valence-electron chi connectivity index (χ4n) is 0.649. The molecule has 0 rings (SSSR count).